The van der Waals surface area contributed by atoms with Crippen molar-refractivity contribution >= 4 is 23.9 Å². The number of rotatable bonds is 13. The van der Waals surface area contributed by atoms with Crippen LogP contribution in [0.5, 0.6) is 0 Å². The SMILES string of the molecule is C=C.CC(=O)O.CC(=O)O.CC(=O)O.CC(=O)O.CCCCCCCCCCCC[N+](C)(C)Cc1ccccc1.N.N.[Cl-].[Cl-].[Na+]. The van der Waals surface area contributed by atoms with E-state index in [1.807, 2.05) is 0 Å². The molecule has 0 heterocycles. The molecule has 0 spiro atoms. The number of hydrogen-bond acceptors (Lipinski definition) is 6. The normalized spacial score (nSPS) is 8.07. The Labute approximate surface area is 308 Å². The molecule has 45 heavy (non-hydrogen) atoms. The minimum atomic E-state index is -0.833. The van der Waals surface area contributed by atoms with Crippen molar-refractivity contribution in [3.05, 3.63) is 49.1 Å². The van der Waals surface area contributed by atoms with Crippen molar-refractivity contribution in [3.63, 3.8) is 0 Å². The minimum absolute atomic E-state index is 0. The smallest absolute Gasteiger partial charge is 1.00 e. The summed E-state index contributed by atoms with van der Waals surface area (Å²) in [5, 5.41) is 29.7. The van der Waals surface area contributed by atoms with Crippen LogP contribution in [0.15, 0.2) is 43.5 Å². The summed E-state index contributed by atoms with van der Waals surface area (Å²) in [6.07, 6.45) is 14.2. The minimum Gasteiger partial charge on any atom is -1.00 e. The summed E-state index contributed by atoms with van der Waals surface area (Å²) in [5.41, 5.74) is 1.46. The fourth-order valence-corrected chi connectivity index (χ4v) is 3.18. The molecule has 14 heteroatoms. The predicted octanol–water partition coefficient (Wildman–Crippen LogP) is -1.31. The van der Waals surface area contributed by atoms with E-state index in [-0.39, 0.29) is 66.7 Å². The Hall–Kier alpha value is -1.70. The monoisotopic (exact) mass is 699 g/mol. The standard InChI is InChI=1S/C21H38N.4C2H4O2.C2H4.2ClH.2H3N.Na/c1-4-5-6-7-8-9-10-11-12-16-19-22(2,3)20-21-17-14-13-15-18-21;4*1-2(3)4;1-2;;;;;/h13-15,17-18H,4-12,16,19-20H2,1-3H3;4*1H3,(H,3,4);1-2H2;2*1H;2*1H3;/q+1;;;;;;;;;;+1/p-2. The number of carbonyl (C=O) groups is 4. The van der Waals surface area contributed by atoms with Crippen LogP contribution < -0.4 is 66.7 Å². The first-order valence-electron chi connectivity index (χ1n) is 13.7. The molecule has 0 aliphatic rings. The van der Waals surface area contributed by atoms with Crippen LogP contribution in [-0.2, 0) is 25.7 Å². The van der Waals surface area contributed by atoms with Gasteiger partial charge in [0.15, 0.2) is 0 Å². The van der Waals surface area contributed by atoms with Crippen LogP contribution in [0.3, 0.4) is 0 Å². The van der Waals surface area contributed by atoms with Crippen LogP contribution >= 0.6 is 0 Å². The molecule has 0 saturated carbocycles. The molecule has 266 valence electrons. The Bertz CT molecular complexity index is 685. The summed E-state index contributed by atoms with van der Waals surface area (Å²) in [6.45, 7) is 15.1. The van der Waals surface area contributed by atoms with Gasteiger partial charge < -0.3 is 62.0 Å². The molecule has 0 radical (unpaired) electrons. The van der Waals surface area contributed by atoms with Crippen molar-refractivity contribution in [3.8, 4) is 0 Å². The first kappa shape index (κ1) is 69.9. The van der Waals surface area contributed by atoms with Gasteiger partial charge in [-0.3, -0.25) is 19.2 Å². The summed E-state index contributed by atoms with van der Waals surface area (Å²) < 4.78 is 1.11. The number of unbranched alkanes of at least 4 members (excludes halogenated alkanes) is 9. The zero-order valence-corrected chi connectivity index (χ0v) is 32.8. The molecule has 11 nitrogen and oxygen atoms in total. The summed E-state index contributed by atoms with van der Waals surface area (Å²) in [6, 6.07) is 10.9. The molecule has 10 N–H and O–H groups in total. The molecule has 1 aromatic carbocycles. The van der Waals surface area contributed by atoms with E-state index in [9.17, 15) is 0 Å². The van der Waals surface area contributed by atoms with Crippen LogP contribution in [-0.4, -0.2) is 69.4 Å². The molecule has 0 bridgehead atoms. The summed E-state index contributed by atoms with van der Waals surface area (Å²) in [4.78, 5) is 36.0. The van der Waals surface area contributed by atoms with Gasteiger partial charge in [-0.25, -0.2) is 0 Å². The van der Waals surface area contributed by atoms with E-state index in [1.165, 1.54) is 76.3 Å². The van der Waals surface area contributed by atoms with Crippen molar-refractivity contribution in [2.45, 2.75) is 105 Å². The summed E-state index contributed by atoms with van der Waals surface area (Å²) in [5.74, 6) is -3.33. The number of carboxylic acid groups (broad SMARTS) is 4. The number of nitrogens with zero attached hydrogens (tertiary/aromatic N) is 1. The average molecular weight is 701 g/mol. The number of halogens is 2. The third-order valence-corrected chi connectivity index (χ3v) is 4.57. The molecule has 0 fully saturated rings. The Morgan fingerprint density at radius 2 is 0.844 bits per heavy atom. The van der Waals surface area contributed by atoms with E-state index in [0.717, 1.165) is 38.7 Å². The molecule has 0 aliphatic carbocycles. The Kier molecular flexibility index (Phi) is 85.0. The first-order chi connectivity index (χ1) is 18.6. The maximum absolute atomic E-state index is 9.00. The Balaban J connectivity index is -0.0000000557. The molecular formula is C31H64Cl2N3NaO8. The maximum atomic E-state index is 9.00. The molecule has 0 atom stereocenters. The quantitative estimate of drug-likeness (QED) is 0.0618. The molecule has 1 aromatic rings. The van der Waals surface area contributed by atoms with Crippen LogP contribution in [0, 0.1) is 0 Å². The van der Waals surface area contributed by atoms with Gasteiger partial charge >= 0.3 is 29.6 Å². The van der Waals surface area contributed by atoms with E-state index >= 15 is 0 Å². The number of carboxylic acids is 4. The number of aliphatic carboxylic acids is 4. The largest absolute Gasteiger partial charge is 1.00 e. The van der Waals surface area contributed by atoms with E-state index in [1.54, 1.807) is 0 Å². The third kappa shape index (κ3) is 116. The second-order valence-electron chi connectivity index (χ2n) is 9.56. The van der Waals surface area contributed by atoms with Gasteiger partial charge in [0.05, 0.1) is 20.6 Å². The maximum Gasteiger partial charge on any atom is 1.00 e. The predicted molar refractivity (Wildman–Crippen MR) is 174 cm³/mol. The number of hydrogen-bond donors (Lipinski definition) is 6. The van der Waals surface area contributed by atoms with Gasteiger partial charge in [-0.15, -0.1) is 13.2 Å². The first-order valence-corrected chi connectivity index (χ1v) is 13.7. The van der Waals surface area contributed by atoms with Gasteiger partial charge in [0.25, 0.3) is 23.9 Å². The molecule has 0 amide bonds. The number of quaternary nitrogens is 1. The molecule has 0 unspecified atom stereocenters. The van der Waals surface area contributed by atoms with Gasteiger partial charge in [-0.2, -0.15) is 0 Å². The van der Waals surface area contributed by atoms with Gasteiger partial charge in [-0.1, -0.05) is 88.6 Å². The third-order valence-electron chi connectivity index (χ3n) is 4.57. The topological polar surface area (TPSA) is 219 Å². The Morgan fingerprint density at radius 1 is 0.600 bits per heavy atom. The van der Waals surface area contributed by atoms with Crippen molar-refractivity contribution in [2.75, 3.05) is 20.6 Å². The second kappa shape index (κ2) is 54.8. The summed E-state index contributed by atoms with van der Waals surface area (Å²) >= 11 is 0. The van der Waals surface area contributed by atoms with E-state index in [0.29, 0.717) is 0 Å². The van der Waals surface area contributed by atoms with E-state index in [4.69, 9.17) is 39.6 Å². The molecule has 0 saturated heterocycles. The molecule has 0 aliphatic heterocycles. The second-order valence-corrected chi connectivity index (χ2v) is 9.56. The van der Waals surface area contributed by atoms with Gasteiger partial charge in [0.1, 0.15) is 6.54 Å². The van der Waals surface area contributed by atoms with Crippen molar-refractivity contribution in [2.24, 2.45) is 0 Å². The Morgan fingerprint density at radius 3 is 1.11 bits per heavy atom. The van der Waals surface area contributed by atoms with E-state index in [2.05, 4.69) is 64.5 Å². The number of benzene rings is 1. The summed E-state index contributed by atoms with van der Waals surface area (Å²) in [7, 11) is 4.72. The molecule has 0 aromatic heterocycles. The van der Waals surface area contributed by atoms with Gasteiger partial charge in [-0.05, 0) is 12.8 Å². The zero-order chi connectivity index (χ0) is 32.4. The average Bonchev–Trinajstić information content (AvgIpc) is 2.80. The molecular weight excluding hydrogens is 636 g/mol. The van der Waals surface area contributed by atoms with E-state index < -0.39 is 23.9 Å². The van der Waals surface area contributed by atoms with Crippen LogP contribution in [0.1, 0.15) is 104 Å². The van der Waals surface area contributed by atoms with Crippen LogP contribution in [0.25, 0.3) is 0 Å². The fourth-order valence-electron chi connectivity index (χ4n) is 3.18. The van der Waals surface area contributed by atoms with Gasteiger partial charge in [0, 0.05) is 33.3 Å². The van der Waals surface area contributed by atoms with Crippen molar-refractivity contribution in [1.29, 1.82) is 0 Å². The van der Waals surface area contributed by atoms with Crippen molar-refractivity contribution < 1.29 is 98.5 Å². The molecule has 1 rings (SSSR count). The van der Waals surface area contributed by atoms with Crippen molar-refractivity contribution in [1.82, 2.24) is 12.3 Å². The van der Waals surface area contributed by atoms with Gasteiger partial charge in [0.2, 0.25) is 0 Å². The zero-order valence-electron chi connectivity index (χ0n) is 29.3. The van der Waals surface area contributed by atoms with Crippen LogP contribution in [0.2, 0.25) is 0 Å². The fraction of sp³-hybridized carbons (Fsp3) is 0.613. The van der Waals surface area contributed by atoms with Crippen LogP contribution in [0.4, 0.5) is 0 Å².